The highest BCUT2D eigenvalue weighted by atomic mass is 16.5. The zero-order valence-electron chi connectivity index (χ0n) is 22.7. The van der Waals surface area contributed by atoms with E-state index in [0.717, 1.165) is 24.3 Å². The van der Waals surface area contributed by atoms with E-state index in [-0.39, 0.29) is 11.8 Å². The Morgan fingerprint density at radius 2 is 0.950 bits per heavy atom. The quantitative estimate of drug-likeness (QED) is 0.159. The molecule has 0 fully saturated rings. The lowest BCUT2D eigenvalue weighted by molar-refractivity contribution is -0.118. The molecular formula is C34H36N2O4. The van der Waals surface area contributed by atoms with Crippen LogP contribution in [0.2, 0.25) is 0 Å². The van der Waals surface area contributed by atoms with Gasteiger partial charge in [-0.3, -0.25) is 9.59 Å². The lowest BCUT2D eigenvalue weighted by Gasteiger charge is -2.10. The molecule has 0 unspecified atom stereocenters. The van der Waals surface area contributed by atoms with E-state index in [9.17, 15) is 9.59 Å². The Labute approximate surface area is 236 Å². The summed E-state index contributed by atoms with van der Waals surface area (Å²) in [6, 6.07) is 35.2. The molecule has 4 aromatic carbocycles. The van der Waals surface area contributed by atoms with Crippen LogP contribution in [0.25, 0.3) is 0 Å². The van der Waals surface area contributed by atoms with Crippen LogP contribution in [0.15, 0.2) is 109 Å². The van der Waals surface area contributed by atoms with E-state index >= 15 is 0 Å². The zero-order chi connectivity index (χ0) is 27.8. The van der Waals surface area contributed by atoms with Gasteiger partial charge in [-0.1, -0.05) is 72.8 Å². The Kier molecular flexibility index (Phi) is 11.2. The molecule has 206 valence electrons. The van der Waals surface area contributed by atoms with Crippen molar-refractivity contribution in [2.75, 3.05) is 23.8 Å². The topological polar surface area (TPSA) is 76.7 Å². The number of unbranched alkanes of at least 4 members (excludes halogenated alkanes) is 1. The number of carbonyl (C=O) groups is 2. The molecule has 0 aliphatic heterocycles. The third-order valence-electron chi connectivity index (χ3n) is 6.30. The second kappa shape index (κ2) is 15.7. The number of hydrogen-bond donors (Lipinski definition) is 2. The van der Waals surface area contributed by atoms with Gasteiger partial charge in [0.25, 0.3) is 0 Å². The van der Waals surface area contributed by atoms with Gasteiger partial charge in [0.2, 0.25) is 11.8 Å². The summed E-state index contributed by atoms with van der Waals surface area (Å²) in [5, 5.41) is 5.84. The molecule has 0 aliphatic rings. The van der Waals surface area contributed by atoms with Crippen molar-refractivity contribution < 1.29 is 19.1 Å². The average Bonchev–Trinajstić information content (AvgIpc) is 2.97. The summed E-state index contributed by atoms with van der Waals surface area (Å²) in [5.74, 6) is 1.27. The predicted octanol–water partition coefficient (Wildman–Crippen LogP) is 7.07. The molecule has 6 heteroatoms. The summed E-state index contributed by atoms with van der Waals surface area (Å²) in [6.45, 7) is 1.13. The van der Waals surface area contributed by atoms with Crippen molar-refractivity contribution in [2.24, 2.45) is 0 Å². The van der Waals surface area contributed by atoms with Crippen LogP contribution >= 0.6 is 0 Å². The smallest absolute Gasteiger partial charge is 0.224 e. The molecule has 0 radical (unpaired) electrons. The fourth-order valence-corrected chi connectivity index (χ4v) is 4.21. The molecule has 0 saturated carbocycles. The summed E-state index contributed by atoms with van der Waals surface area (Å²) < 4.78 is 11.7. The fourth-order valence-electron chi connectivity index (χ4n) is 4.21. The van der Waals surface area contributed by atoms with Crippen molar-refractivity contribution in [3.05, 3.63) is 120 Å². The number of amides is 2. The molecule has 0 spiro atoms. The van der Waals surface area contributed by atoms with Crippen molar-refractivity contribution in [2.45, 2.75) is 38.5 Å². The van der Waals surface area contributed by atoms with Crippen molar-refractivity contribution in [3.8, 4) is 11.5 Å². The number of anilines is 2. The number of nitrogens with one attached hydrogen (secondary N) is 2. The van der Waals surface area contributed by atoms with Crippen LogP contribution in [-0.2, 0) is 22.4 Å². The molecule has 0 aromatic heterocycles. The Bertz CT molecular complexity index is 1240. The van der Waals surface area contributed by atoms with Gasteiger partial charge >= 0.3 is 0 Å². The Morgan fingerprint density at radius 3 is 1.38 bits per heavy atom. The second-order valence-electron chi connectivity index (χ2n) is 9.53. The summed E-state index contributed by atoms with van der Waals surface area (Å²) in [5.41, 5.74) is 3.84. The van der Waals surface area contributed by atoms with E-state index in [1.807, 2.05) is 84.9 Å². The minimum Gasteiger partial charge on any atom is -0.493 e. The van der Waals surface area contributed by atoms with E-state index in [4.69, 9.17) is 9.47 Å². The number of ether oxygens (including phenoxy) is 2. The van der Waals surface area contributed by atoms with E-state index in [0.29, 0.717) is 50.3 Å². The zero-order valence-corrected chi connectivity index (χ0v) is 22.7. The molecule has 4 rings (SSSR count). The maximum absolute atomic E-state index is 12.4. The lowest BCUT2D eigenvalue weighted by Crippen LogP contribution is -2.13. The molecule has 2 amide bonds. The first kappa shape index (κ1) is 28.4. The van der Waals surface area contributed by atoms with Crippen molar-refractivity contribution in [3.63, 3.8) is 0 Å². The highest BCUT2D eigenvalue weighted by molar-refractivity contribution is 5.92. The third-order valence-corrected chi connectivity index (χ3v) is 6.30. The van der Waals surface area contributed by atoms with Gasteiger partial charge in [0, 0.05) is 49.2 Å². The van der Waals surface area contributed by atoms with Crippen molar-refractivity contribution in [1.82, 2.24) is 0 Å². The normalized spacial score (nSPS) is 10.5. The van der Waals surface area contributed by atoms with Crippen LogP contribution in [0.3, 0.4) is 0 Å². The van der Waals surface area contributed by atoms with Crippen LogP contribution in [0.5, 0.6) is 11.5 Å². The SMILES string of the molecule is O=C(CCCCC(=O)Nc1cccc(OCCc2ccccc2)c1)Nc1cccc(OCCc2ccccc2)c1. The molecule has 0 heterocycles. The van der Waals surface area contributed by atoms with Crippen LogP contribution in [-0.4, -0.2) is 25.0 Å². The lowest BCUT2D eigenvalue weighted by atomic mass is 10.1. The summed E-state index contributed by atoms with van der Waals surface area (Å²) in [7, 11) is 0. The molecule has 6 nitrogen and oxygen atoms in total. The summed E-state index contributed by atoms with van der Waals surface area (Å²) in [6.07, 6.45) is 3.57. The standard InChI is InChI=1S/C34H36N2O4/c37-33(35-29-15-9-17-31(25-29)39-23-21-27-11-3-1-4-12-27)19-7-8-20-34(38)36-30-16-10-18-32(26-30)40-24-22-28-13-5-2-6-14-28/h1-6,9-18,25-26H,7-8,19-24H2,(H,35,37)(H,36,38). The first-order chi connectivity index (χ1) is 19.6. The maximum atomic E-state index is 12.4. The van der Waals surface area contributed by atoms with E-state index in [1.165, 1.54) is 11.1 Å². The maximum Gasteiger partial charge on any atom is 0.224 e. The summed E-state index contributed by atoms with van der Waals surface area (Å²) in [4.78, 5) is 24.8. The average molecular weight is 537 g/mol. The minimum absolute atomic E-state index is 0.0813. The van der Waals surface area contributed by atoms with Crippen molar-refractivity contribution in [1.29, 1.82) is 0 Å². The van der Waals surface area contributed by atoms with E-state index in [1.54, 1.807) is 0 Å². The predicted molar refractivity (Wildman–Crippen MR) is 160 cm³/mol. The highest BCUT2D eigenvalue weighted by Gasteiger charge is 2.07. The van der Waals surface area contributed by atoms with Gasteiger partial charge in [0.05, 0.1) is 13.2 Å². The van der Waals surface area contributed by atoms with Gasteiger partial charge in [-0.15, -0.1) is 0 Å². The second-order valence-corrected chi connectivity index (χ2v) is 9.53. The largest absolute Gasteiger partial charge is 0.493 e. The first-order valence-electron chi connectivity index (χ1n) is 13.8. The molecular weight excluding hydrogens is 500 g/mol. The van der Waals surface area contributed by atoms with Crippen LogP contribution in [0, 0.1) is 0 Å². The monoisotopic (exact) mass is 536 g/mol. The van der Waals surface area contributed by atoms with Gasteiger partial charge in [0.1, 0.15) is 11.5 Å². The van der Waals surface area contributed by atoms with Gasteiger partial charge in [0.15, 0.2) is 0 Å². The Morgan fingerprint density at radius 1 is 0.525 bits per heavy atom. The highest BCUT2D eigenvalue weighted by Crippen LogP contribution is 2.20. The Hall–Kier alpha value is -4.58. The van der Waals surface area contributed by atoms with Crippen LogP contribution < -0.4 is 20.1 Å². The first-order valence-corrected chi connectivity index (χ1v) is 13.8. The summed E-state index contributed by atoms with van der Waals surface area (Å²) >= 11 is 0. The van der Waals surface area contributed by atoms with Gasteiger partial charge in [-0.05, 0) is 48.2 Å². The molecule has 0 atom stereocenters. The fraction of sp³-hybridized carbons (Fsp3) is 0.235. The number of rotatable bonds is 15. The molecule has 4 aromatic rings. The Balaban J connectivity index is 1.10. The van der Waals surface area contributed by atoms with Crippen LogP contribution in [0.1, 0.15) is 36.8 Å². The van der Waals surface area contributed by atoms with Gasteiger partial charge in [-0.2, -0.15) is 0 Å². The van der Waals surface area contributed by atoms with Gasteiger partial charge in [-0.25, -0.2) is 0 Å². The molecule has 0 saturated heterocycles. The van der Waals surface area contributed by atoms with Crippen molar-refractivity contribution >= 4 is 23.2 Å². The van der Waals surface area contributed by atoms with Crippen LogP contribution in [0.4, 0.5) is 11.4 Å². The molecule has 40 heavy (non-hydrogen) atoms. The number of benzene rings is 4. The molecule has 0 bridgehead atoms. The minimum atomic E-state index is -0.0813. The van der Waals surface area contributed by atoms with Gasteiger partial charge < -0.3 is 20.1 Å². The third kappa shape index (κ3) is 10.3. The van der Waals surface area contributed by atoms with E-state index < -0.39 is 0 Å². The number of hydrogen-bond acceptors (Lipinski definition) is 4. The number of carbonyl (C=O) groups excluding carboxylic acids is 2. The molecule has 2 N–H and O–H groups in total. The van der Waals surface area contributed by atoms with E-state index in [2.05, 4.69) is 34.9 Å². The molecule has 0 aliphatic carbocycles.